The number of nitrogens with one attached hydrogen (secondary N) is 2. The summed E-state index contributed by atoms with van der Waals surface area (Å²) in [6.45, 7) is 2.04. The second kappa shape index (κ2) is 7.85. The van der Waals surface area contributed by atoms with Crippen molar-refractivity contribution < 1.29 is 14.3 Å². The number of benzene rings is 2. The lowest BCUT2D eigenvalue weighted by Crippen LogP contribution is -2.19. The topological polar surface area (TPSA) is 67.4 Å². The zero-order valence-corrected chi connectivity index (χ0v) is 13.7. The lowest BCUT2D eigenvalue weighted by Gasteiger charge is -2.10. The van der Waals surface area contributed by atoms with E-state index in [9.17, 15) is 9.59 Å². The molecule has 5 nitrogen and oxygen atoms in total. The van der Waals surface area contributed by atoms with Gasteiger partial charge in [0, 0.05) is 5.69 Å². The van der Waals surface area contributed by atoms with E-state index in [-0.39, 0.29) is 5.02 Å². The van der Waals surface area contributed by atoms with Crippen LogP contribution in [0, 0.1) is 0 Å². The van der Waals surface area contributed by atoms with E-state index in [0.717, 1.165) is 0 Å². The van der Waals surface area contributed by atoms with Crippen molar-refractivity contribution in [1.82, 2.24) is 0 Å². The Morgan fingerprint density at radius 2 is 1.74 bits per heavy atom. The second-order valence-corrected chi connectivity index (χ2v) is 5.26. The van der Waals surface area contributed by atoms with Crippen molar-refractivity contribution in [1.29, 1.82) is 0 Å². The number of carbonyl (C=O) groups is 2. The summed E-state index contributed by atoms with van der Waals surface area (Å²) in [4.78, 5) is 23.5. The summed E-state index contributed by atoms with van der Waals surface area (Å²) < 4.78 is 4.89. The number of ether oxygens (including phenoxy) is 1. The first-order valence-corrected chi connectivity index (χ1v) is 7.56. The molecule has 2 aromatic carbocycles. The molecule has 7 heteroatoms. The zero-order valence-electron chi connectivity index (χ0n) is 12.2. The van der Waals surface area contributed by atoms with Crippen molar-refractivity contribution >= 4 is 46.6 Å². The van der Waals surface area contributed by atoms with Gasteiger partial charge in [0.1, 0.15) is 0 Å². The van der Waals surface area contributed by atoms with Gasteiger partial charge in [0.05, 0.1) is 27.9 Å². The van der Waals surface area contributed by atoms with Crippen LogP contribution in [0.1, 0.15) is 17.3 Å². The van der Waals surface area contributed by atoms with Crippen molar-refractivity contribution in [2.45, 2.75) is 6.92 Å². The number of esters is 1. The lowest BCUT2D eigenvalue weighted by atomic mass is 10.2. The molecule has 2 rings (SSSR count). The van der Waals surface area contributed by atoms with Crippen LogP contribution in [0.25, 0.3) is 0 Å². The molecule has 0 saturated carbocycles. The molecule has 23 heavy (non-hydrogen) atoms. The highest BCUT2D eigenvalue weighted by Gasteiger charge is 2.09. The van der Waals surface area contributed by atoms with Crippen LogP contribution in [0.2, 0.25) is 10.0 Å². The van der Waals surface area contributed by atoms with Gasteiger partial charge in [-0.05, 0) is 43.3 Å². The van der Waals surface area contributed by atoms with Gasteiger partial charge >= 0.3 is 12.0 Å². The van der Waals surface area contributed by atoms with E-state index in [2.05, 4.69) is 10.6 Å². The lowest BCUT2D eigenvalue weighted by molar-refractivity contribution is 0.0526. The Morgan fingerprint density at radius 1 is 1.04 bits per heavy atom. The molecule has 120 valence electrons. The van der Waals surface area contributed by atoms with Crippen molar-refractivity contribution in [3.8, 4) is 0 Å². The molecule has 0 spiro atoms. The largest absolute Gasteiger partial charge is 0.462 e. The molecule has 0 aromatic heterocycles. The first kappa shape index (κ1) is 17.1. The SMILES string of the molecule is CCOC(=O)c1ccc(NC(=O)Nc2cccc(Cl)c2Cl)cc1. The van der Waals surface area contributed by atoms with E-state index in [1.807, 2.05) is 0 Å². The highest BCUT2D eigenvalue weighted by Crippen LogP contribution is 2.29. The monoisotopic (exact) mass is 352 g/mol. The molecule has 0 aliphatic heterocycles. The number of hydrogen-bond donors (Lipinski definition) is 2. The Morgan fingerprint density at radius 3 is 2.39 bits per heavy atom. The van der Waals surface area contributed by atoms with E-state index in [0.29, 0.717) is 28.6 Å². The van der Waals surface area contributed by atoms with Gasteiger partial charge in [-0.25, -0.2) is 9.59 Å². The van der Waals surface area contributed by atoms with E-state index < -0.39 is 12.0 Å². The summed E-state index contributed by atoms with van der Waals surface area (Å²) in [6, 6.07) is 10.8. The molecule has 2 aromatic rings. The molecular formula is C16H14Cl2N2O3. The number of urea groups is 1. The molecule has 2 amide bonds. The predicted octanol–water partition coefficient (Wildman–Crippen LogP) is 4.81. The Kier molecular flexibility index (Phi) is 5.84. The standard InChI is InChI=1S/C16H14Cl2N2O3/c1-2-23-15(21)10-6-8-11(9-7-10)19-16(22)20-13-5-3-4-12(17)14(13)18/h3-9H,2H2,1H3,(H2,19,20,22). The third-order valence-electron chi connectivity index (χ3n) is 2.85. The molecule has 0 fully saturated rings. The summed E-state index contributed by atoms with van der Waals surface area (Å²) in [5, 5.41) is 5.85. The number of amides is 2. The average Bonchev–Trinajstić information content (AvgIpc) is 2.53. The Balaban J connectivity index is 2.00. The van der Waals surface area contributed by atoms with Crippen LogP contribution >= 0.6 is 23.2 Å². The smallest absolute Gasteiger partial charge is 0.338 e. The second-order valence-electron chi connectivity index (χ2n) is 4.48. The number of carbonyl (C=O) groups excluding carboxylic acids is 2. The van der Waals surface area contributed by atoms with Gasteiger partial charge in [-0.3, -0.25) is 0 Å². The molecular weight excluding hydrogens is 339 g/mol. The van der Waals surface area contributed by atoms with Crippen LogP contribution in [-0.4, -0.2) is 18.6 Å². The summed E-state index contributed by atoms with van der Waals surface area (Å²) in [7, 11) is 0. The molecule has 2 N–H and O–H groups in total. The molecule has 0 aliphatic rings. The number of halogens is 2. The average molecular weight is 353 g/mol. The van der Waals surface area contributed by atoms with Gasteiger partial charge in [0.2, 0.25) is 0 Å². The normalized spacial score (nSPS) is 10.0. The first-order chi connectivity index (χ1) is 11.0. The van der Waals surface area contributed by atoms with Crippen LogP contribution in [0.15, 0.2) is 42.5 Å². The summed E-state index contributed by atoms with van der Waals surface area (Å²) in [6.07, 6.45) is 0. The van der Waals surface area contributed by atoms with E-state index in [1.165, 1.54) is 0 Å². The highest BCUT2D eigenvalue weighted by atomic mass is 35.5. The van der Waals surface area contributed by atoms with Crippen LogP contribution in [0.4, 0.5) is 16.2 Å². The Bertz CT molecular complexity index is 718. The quantitative estimate of drug-likeness (QED) is 0.775. The minimum Gasteiger partial charge on any atom is -0.462 e. The van der Waals surface area contributed by atoms with E-state index in [1.54, 1.807) is 49.4 Å². The number of anilines is 2. The van der Waals surface area contributed by atoms with E-state index in [4.69, 9.17) is 27.9 Å². The van der Waals surface area contributed by atoms with Crippen molar-refractivity contribution in [2.24, 2.45) is 0 Å². The van der Waals surface area contributed by atoms with Gasteiger partial charge in [-0.15, -0.1) is 0 Å². The minimum atomic E-state index is -0.474. The van der Waals surface area contributed by atoms with Crippen molar-refractivity contribution in [2.75, 3.05) is 17.2 Å². The van der Waals surface area contributed by atoms with Crippen LogP contribution in [0.3, 0.4) is 0 Å². The van der Waals surface area contributed by atoms with Crippen molar-refractivity contribution in [3.05, 3.63) is 58.1 Å². The molecule has 0 bridgehead atoms. The molecule has 0 radical (unpaired) electrons. The van der Waals surface area contributed by atoms with Crippen LogP contribution < -0.4 is 10.6 Å². The fourth-order valence-electron chi connectivity index (χ4n) is 1.79. The van der Waals surface area contributed by atoms with Gasteiger partial charge in [-0.1, -0.05) is 29.3 Å². The number of hydrogen-bond acceptors (Lipinski definition) is 3. The maximum atomic E-state index is 12.0. The summed E-state index contributed by atoms with van der Waals surface area (Å²) >= 11 is 11.9. The van der Waals surface area contributed by atoms with Crippen LogP contribution in [0.5, 0.6) is 0 Å². The molecule has 0 heterocycles. The molecule has 0 unspecified atom stereocenters. The summed E-state index contributed by atoms with van der Waals surface area (Å²) in [5.41, 5.74) is 1.34. The van der Waals surface area contributed by atoms with Gasteiger partial charge < -0.3 is 15.4 Å². The maximum absolute atomic E-state index is 12.0. The predicted molar refractivity (Wildman–Crippen MR) is 91.5 cm³/mol. The fraction of sp³-hybridized carbons (Fsp3) is 0.125. The summed E-state index contributed by atoms with van der Waals surface area (Å²) in [5.74, 6) is -0.408. The Labute approximate surface area is 143 Å². The zero-order chi connectivity index (χ0) is 16.8. The van der Waals surface area contributed by atoms with Crippen molar-refractivity contribution in [3.63, 3.8) is 0 Å². The Hall–Kier alpha value is -2.24. The first-order valence-electron chi connectivity index (χ1n) is 6.80. The molecule has 0 atom stereocenters. The maximum Gasteiger partial charge on any atom is 0.338 e. The van der Waals surface area contributed by atoms with Gasteiger partial charge in [-0.2, -0.15) is 0 Å². The molecule has 0 aliphatic carbocycles. The fourth-order valence-corrected chi connectivity index (χ4v) is 2.14. The highest BCUT2D eigenvalue weighted by molar-refractivity contribution is 6.44. The van der Waals surface area contributed by atoms with Gasteiger partial charge in [0.25, 0.3) is 0 Å². The van der Waals surface area contributed by atoms with E-state index >= 15 is 0 Å². The number of rotatable bonds is 4. The molecule has 0 saturated heterocycles. The minimum absolute atomic E-state index is 0.266. The van der Waals surface area contributed by atoms with Crippen LogP contribution in [-0.2, 0) is 4.74 Å². The third kappa shape index (κ3) is 4.61. The third-order valence-corrected chi connectivity index (χ3v) is 3.67. The van der Waals surface area contributed by atoms with Gasteiger partial charge in [0.15, 0.2) is 0 Å².